The SMILES string of the molecule is Cc1ccc(S(=O)(=O)Oc2ccc(N(NC(=O)OC(C)(C)C)C(=O)OC(C)(C)C)cc2)cc1. The lowest BCUT2D eigenvalue weighted by Crippen LogP contribution is -2.50. The maximum atomic E-state index is 12.7. The van der Waals surface area contributed by atoms with Crippen LogP contribution in [-0.4, -0.2) is 31.8 Å². The number of carbonyl (C=O) groups is 2. The molecule has 2 amide bonds. The van der Waals surface area contributed by atoms with Crippen LogP contribution < -0.4 is 14.6 Å². The normalized spacial score (nSPS) is 12.0. The molecule has 0 saturated carbocycles. The Morgan fingerprint density at radius 3 is 1.82 bits per heavy atom. The quantitative estimate of drug-likeness (QED) is 0.489. The Kier molecular flexibility index (Phi) is 7.64. The van der Waals surface area contributed by atoms with E-state index in [1.54, 1.807) is 53.7 Å². The first-order valence-corrected chi connectivity index (χ1v) is 11.6. The molecule has 0 bridgehead atoms. The van der Waals surface area contributed by atoms with Gasteiger partial charge in [0.15, 0.2) is 0 Å². The maximum absolute atomic E-state index is 12.7. The number of benzene rings is 2. The van der Waals surface area contributed by atoms with Crippen LogP contribution in [0.3, 0.4) is 0 Å². The van der Waals surface area contributed by atoms with Crippen molar-refractivity contribution in [3.63, 3.8) is 0 Å². The van der Waals surface area contributed by atoms with E-state index in [2.05, 4.69) is 5.43 Å². The average molecular weight is 479 g/mol. The van der Waals surface area contributed by atoms with Crippen LogP contribution in [0.5, 0.6) is 5.75 Å². The van der Waals surface area contributed by atoms with Crippen molar-refractivity contribution in [2.45, 2.75) is 64.6 Å². The van der Waals surface area contributed by atoms with Gasteiger partial charge in [-0.1, -0.05) is 17.7 Å². The van der Waals surface area contributed by atoms with E-state index in [4.69, 9.17) is 13.7 Å². The first kappa shape index (κ1) is 26.0. The second-order valence-corrected chi connectivity index (χ2v) is 10.8. The van der Waals surface area contributed by atoms with Crippen molar-refractivity contribution in [2.75, 3.05) is 5.01 Å². The fraction of sp³-hybridized carbons (Fsp3) is 0.391. The lowest BCUT2D eigenvalue weighted by Gasteiger charge is -2.28. The van der Waals surface area contributed by atoms with Crippen LogP contribution in [0.25, 0.3) is 0 Å². The van der Waals surface area contributed by atoms with E-state index in [-0.39, 0.29) is 16.3 Å². The maximum Gasteiger partial charge on any atom is 0.434 e. The van der Waals surface area contributed by atoms with Gasteiger partial charge in [-0.2, -0.15) is 13.4 Å². The summed E-state index contributed by atoms with van der Waals surface area (Å²) in [5.41, 5.74) is 1.86. The number of hydrazine groups is 1. The third kappa shape index (κ3) is 8.30. The third-order valence-electron chi connectivity index (χ3n) is 3.79. The minimum Gasteiger partial charge on any atom is -0.443 e. The highest BCUT2D eigenvalue weighted by Crippen LogP contribution is 2.24. The molecular weight excluding hydrogens is 448 g/mol. The summed E-state index contributed by atoms with van der Waals surface area (Å²) in [6, 6.07) is 11.8. The molecule has 2 rings (SSSR count). The molecular formula is C23H30N2O7S. The van der Waals surface area contributed by atoms with Gasteiger partial charge in [0.2, 0.25) is 0 Å². The van der Waals surface area contributed by atoms with Gasteiger partial charge in [-0.15, -0.1) is 0 Å². The number of ether oxygens (including phenoxy) is 2. The number of anilines is 1. The van der Waals surface area contributed by atoms with E-state index >= 15 is 0 Å². The van der Waals surface area contributed by atoms with Crippen LogP contribution in [-0.2, 0) is 19.6 Å². The average Bonchev–Trinajstić information content (AvgIpc) is 2.64. The van der Waals surface area contributed by atoms with Crippen LogP contribution in [0.4, 0.5) is 15.3 Å². The summed E-state index contributed by atoms with van der Waals surface area (Å²) in [5, 5.41) is 0.873. The molecule has 2 aromatic carbocycles. The van der Waals surface area contributed by atoms with Gasteiger partial charge >= 0.3 is 22.3 Å². The Bertz CT molecular complexity index is 1080. The van der Waals surface area contributed by atoms with Gasteiger partial charge < -0.3 is 13.7 Å². The first-order valence-electron chi connectivity index (χ1n) is 10.2. The van der Waals surface area contributed by atoms with Crippen LogP contribution in [0.15, 0.2) is 53.4 Å². The molecule has 0 spiro atoms. The molecule has 0 heterocycles. The lowest BCUT2D eigenvalue weighted by atomic mass is 10.2. The van der Waals surface area contributed by atoms with E-state index in [1.165, 1.54) is 36.4 Å². The molecule has 10 heteroatoms. The van der Waals surface area contributed by atoms with Crippen molar-refractivity contribution in [3.8, 4) is 5.75 Å². The Morgan fingerprint density at radius 1 is 0.818 bits per heavy atom. The molecule has 1 N–H and O–H groups in total. The Morgan fingerprint density at radius 2 is 1.33 bits per heavy atom. The van der Waals surface area contributed by atoms with Gasteiger partial charge in [0.1, 0.15) is 21.8 Å². The molecule has 33 heavy (non-hydrogen) atoms. The summed E-state index contributed by atoms with van der Waals surface area (Å²) in [5.74, 6) is 0.0285. The predicted molar refractivity (Wildman–Crippen MR) is 124 cm³/mol. The standard InChI is InChI=1S/C23H30N2O7S/c1-16-8-14-19(15-9-16)33(28,29)32-18-12-10-17(11-13-18)25(21(27)31-23(5,6)7)24-20(26)30-22(2,3)4/h8-15H,1-7H3,(H,24,26). The zero-order valence-electron chi connectivity index (χ0n) is 19.8. The van der Waals surface area contributed by atoms with Crippen LogP contribution in [0, 0.1) is 6.92 Å². The molecule has 2 aromatic rings. The van der Waals surface area contributed by atoms with E-state index in [0.717, 1.165) is 10.6 Å². The number of carbonyl (C=O) groups excluding carboxylic acids is 2. The molecule has 0 fully saturated rings. The molecule has 0 atom stereocenters. The number of hydrogen-bond donors (Lipinski definition) is 1. The second kappa shape index (κ2) is 9.70. The molecule has 0 aliphatic carbocycles. The topological polar surface area (TPSA) is 111 Å². The summed E-state index contributed by atoms with van der Waals surface area (Å²) < 4.78 is 40.7. The van der Waals surface area contributed by atoms with Crippen molar-refractivity contribution in [2.24, 2.45) is 0 Å². The molecule has 0 aliphatic heterocycles. The largest absolute Gasteiger partial charge is 0.443 e. The second-order valence-electron chi connectivity index (χ2n) is 9.27. The lowest BCUT2D eigenvalue weighted by molar-refractivity contribution is 0.0425. The third-order valence-corrected chi connectivity index (χ3v) is 5.05. The first-order chi connectivity index (χ1) is 15.1. The molecule has 0 unspecified atom stereocenters. The monoisotopic (exact) mass is 478 g/mol. The molecule has 0 radical (unpaired) electrons. The van der Waals surface area contributed by atoms with E-state index in [0.29, 0.717) is 0 Å². The number of nitrogens with one attached hydrogen (secondary N) is 1. The van der Waals surface area contributed by atoms with E-state index in [1.807, 2.05) is 6.92 Å². The van der Waals surface area contributed by atoms with Gasteiger partial charge in [-0.25, -0.2) is 15.0 Å². The molecule has 0 saturated heterocycles. The molecule has 180 valence electrons. The van der Waals surface area contributed by atoms with Crippen molar-refractivity contribution < 1.29 is 31.7 Å². The highest BCUT2D eigenvalue weighted by atomic mass is 32.2. The van der Waals surface area contributed by atoms with Crippen molar-refractivity contribution in [1.82, 2.24) is 5.43 Å². The van der Waals surface area contributed by atoms with Crippen LogP contribution in [0.1, 0.15) is 47.1 Å². The van der Waals surface area contributed by atoms with Gasteiger partial charge in [0.25, 0.3) is 0 Å². The predicted octanol–water partition coefficient (Wildman–Crippen LogP) is 4.94. The fourth-order valence-electron chi connectivity index (χ4n) is 2.45. The van der Waals surface area contributed by atoms with Gasteiger partial charge in [0, 0.05) is 0 Å². The van der Waals surface area contributed by atoms with Crippen molar-refractivity contribution >= 4 is 28.0 Å². The van der Waals surface area contributed by atoms with E-state index < -0.39 is 33.5 Å². The fourth-order valence-corrected chi connectivity index (χ4v) is 3.38. The number of amides is 2. The Balaban J connectivity index is 2.26. The van der Waals surface area contributed by atoms with Crippen molar-refractivity contribution in [1.29, 1.82) is 0 Å². The minimum absolute atomic E-state index is 0.0131. The Hall–Kier alpha value is -3.27. The number of aryl methyl sites for hydroxylation is 1. The smallest absolute Gasteiger partial charge is 0.434 e. The summed E-state index contributed by atoms with van der Waals surface area (Å²) in [7, 11) is -4.04. The van der Waals surface area contributed by atoms with Gasteiger partial charge in [-0.05, 0) is 84.9 Å². The minimum atomic E-state index is -4.04. The number of rotatable bonds is 4. The van der Waals surface area contributed by atoms with E-state index in [9.17, 15) is 18.0 Å². The highest BCUT2D eigenvalue weighted by molar-refractivity contribution is 7.87. The molecule has 0 aliphatic rings. The van der Waals surface area contributed by atoms with Gasteiger partial charge in [-0.3, -0.25) is 0 Å². The zero-order valence-corrected chi connectivity index (χ0v) is 20.6. The summed E-state index contributed by atoms with van der Waals surface area (Å²) in [6.45, 7) is 12.0. The molecule has 0 aromatic heterocycles. The van der Waals surface area contributed by atoms with Gasteiger partial charge in [0.05, 0.1) is 5.69 Å². The highest BCUT2D eigenvalue weighted by Gasteiger charge is 2.27. The number of nitrogens with zero attached hydrogens (tertiary/aromatic N) is 1. The number of hydrogen-bond acceptors (Lipinski definition) is 7. The van der Waals surface area contributed by atoms with Crippen LogP contribution in [0.2, 0.25) is 0 Å². The summed E-state index contributed by atoms with van der Waals surface area (Å²) in [4.78, 5) is 25.0. The summed E-state index contributed by atoms with van der Waals surface area (Å²) in [6.07, 6.45) is -1.72. The Labute approximate surface area is 194 Å². The zero-order chi connectivity index (χ0) is 25.0. The van der Waals surface area contributed by atoms with Crippen molar-refractivity contribution in [3.05, 3.63) is 54.1 Å². The summed E-state index contributed by atoms with van der Waals surface area (Å²) >= 11 is 0. The molecule has 9 nitrogen and oxygen atoms in total. The van der Waals surface area contributed by atoms with Crippen LogP contribution >= 0.6 is 0 Å².